The summed E-state index contributed by atoms with van der Waals surface area (Å²) in [5.41, 5.74) is 6.37. The van der Waals surface area contributed by atoms with Crippen molar-refractivity contribution < 1.29 is 9.59 Å². The van der Waals surface area contributed by atoms with Gasteiger partial charge < -0.3 is 5.32 Å². The van der Waals surface area contributed by atoms with E-state index in [1.807, 2.05) is 30.3 Å². The topological polar surface area (TPSA) is 96.0 Å². The van der Waals surface area contributed by atoms with Crippen LogP contribution < -0.4 is 16.2 Å². The maximum absolute atomic E-state index is 12.0. The van der Waals surface area contributed by atoms with Crippen LogP contribution in [-0.4, -0.2) is 27.8 Å². The summed E-state index contributed by atoms with van der Waals surface area (Å²) in [6.07, 6.45) is 0. The van der Waals surface area contributed by atoms with Crippen LogP contribution >= 0.6 is 39.0 Å². The van der Waals surface area contributed by atoms with E-state index in [1.165, 1.54) is 23.1 Å². The van der Waals surface area contributed by atoms with Gasteiger partial charge in [-0.15, -0.1) is 10.2 Å². The van der Waals surface area contributed by atoms with Gasteiger partial charge in [0, 0.05) is 16.6 Å². The zero-order valence-electron chi connectivity index (χ0n) is 14.5. The highest BCUT2D eigenvalue weighted by atomic mass is 79.9. The molecule has 3 aromatic rings. The standard InChI is InChI=1S/C18H16BrN5O2S2/c19-14-8-6-13(7-9-14)16(26)22-21-15(25)11-27-18-24-23-17(28-18)20-10-12-4-2-1-3-5-12/h1-9H,10-11H2,(H,20,23)(H,21,25)(H,22,26). The number of halogens is 1. The number of thioether (sulfide) groups is 1. The minimum absolute atomic E-state index is 0.119. The SMILES string of the molecule is O=C(CSc1nnc(NCc2ccccc2)s1)NNC(=O)c1ccc(Br)cc1. The molecule has 0 aliphatic carbocycles. The number of carbonyl (C=O) groups is 2. The molecule has 0 aliphatic heterocycles. The van der Waals surface area contributed by atoms with E-state index >= 15 is 0 Å². The zero-order valence-corrected chi connectivity index (χ0v) is 17.7. The Hall–Kier alpha value is -2.43. The Labute approximate surface area is 178 Å². The predicted molar refractivity (Wildman–Crippen MR) is 114 cm³/mol. The number of amides is 2. The summed E-state index contributed by atoms with van der Waals surface area (Å²) in [7, 11) is 0. The van der Waals surface area contributed by atoms with Crippen molar-refractivity contribution in [2.45, 2.75) is 10.9 Å². The fourth-order valence-corrected chi connectivity index (χ4v) is 3.89. The maximum Gasteiger partial charge on any atom is 0.269 e. The van der Waals surface area contributed by atoms with Gasteiger partial charge in [-0.3, -0.25) is 20.4 Å². The van der Waals surface area contributed by atoms with E-state index in [9.17, 15) is 9.59 Å². The molecule has 28 heavy (non-hydrogen) atoms. The Balaban J connectivity index is 1.39. The first kappa shape index (κ1) is 20.3. The lowest BCUT2D eigenvalue weighted by Gasteiger charge is -2.06. The number of benzene rings is 2. The van der Waals surface area contributed by atoms with E-state index in [4.69, 9.17) is 0 Å². The van der Waals surface area contributed by atoms with Gasteiger partial charge in [0.2, 0.25) is 11.0 Å². The molecule has 0 radical (unpaired) electrons. The smallest absolute Gasteiger partial charge is 0.269 e. The molecule has 10 heteroatoms. The minimum Gasteiger partial charge on any atom is -0.356 e. The summed E-state index contributed by atoms with van der Waals surface area (Å²) in [6, 6.07) is 16.8. The Kier molecular flexibility index (Phi) is 7.40. The largest absolute Gasteiger partial charge is 0.356 e. The van der Waals surface area contributed by atoms with Gasteiger partial charge in [0.1, 0.15) is 0 Å². The third-order valence-electron chi connectivity index (χ3n) is 3.44. The molecule has 1 aromatic heterocycles. The molecular formula is C18H16BrN5O2S2. The van der Waals surface area contributed by atoms with Crippen molar-refractivity contribution in [2.75, 3.05) is 11.1 Å². The fourth-order valence-electron chi connectivity index (χ4n) is 2.08. The molecule has 0 atom stereocenters. The van der Waals surface area contributed by atoms with E-state index in [2.05, 4.69) is 42.3 Å². The number of hydrazine groups is 1. The van der Waals surface area contributed by atoms with E-state index in [0.29, 0.717) is 21.6 Å². The molecule has 0 fully saturated rings. The number of anilines is 1. The molecular weight excluding hydrogens is 462 g/mol. The summed E-state index contributed by atoms with van der Waals surface area (Å²) in [6.45, 7) is 0.655. The van der Waals surface area contributed by atoms with Crippen molar-refractivity contribution in [1.82, 2.24) is 21.0 Å². The average molecular weight is 478 g/mol. The lowest BCUT2D eigenvalue weighted by molar-refractivity contribution is -0.119. The van der Waals surface area contributed by atoms with Crippen molar-refractivity contribution in [3.05, 3.63) is 70.2 Å². The molecule has 0 spiro atoms. The highest BCUT2D eigenvalue weighted by Crippen LogP contribution is 2.25. The summed E-state index contributed by atoms with van der Waals surface area (Å²) in [5, 5.41) is 12.0. The van der Waals surface area contributed by atoms with Gasteiger partial charge in [-0.1, -0.05) is 69.4 Å². The molecule has 7 nitrogen and oxygen atoms in total. The normalized spacial score (nSPS) is 10.3. The van der Waals surface area contributed by atoms with Crippen LogP contribution in [0.4, 0.5) is 5.13 Å². The Morgan fingerprint density at radius 2 is 1.75 bits per heavy atom. The van der Waals surface area contributed by atoms with Crippen LogP contribution in [0.3, 0.4) is 0 Å². The fraction of sp³-hybridized carbons (Fsp3) is 0.111. The number of nitrogens with one attached hydrogen (secondary N) is 3. The first-order valence-electron chi connectivity index (χ1n) is 8.19. The molecule has 3 rings (SSSR count). The lowest BCUT2D eigenvalue weighted by atomic mass is 10.2. The number of hydrogen-bond donors (Lipinski definition) is 3. The monoisotopic (exact) mass is 477 g/mol. The molecule has 3 N–H and O–H groups in total. The van der Waals surface area contributed by atoms with Crippen LogP contribution in [0.1, 0.15) is 15.9 Å². The molecule has 0 saturated carbocycles. The highest BCUT2D eigenvalue weighted by molar-refractivity contribution is 9.10. The molecule has 0 saturated heterocycles. The molecule has 0 unspecified atom stereocenters. The first-order chi connectivity index (χ1) is 13.6. The molecule has 2 aromatic carbocycles. The third-order valence-corrected chi connectivity index (χ3v) is 5.98. The second-order valence-corrected chi connectivity index (χ2v) is 8.63. The number of rotatable bonds is 7. The van der Waals surface area contributed by atoms with Crippen molar-refractivity contribution in [3.63, 3.8) is 0 Å². The lowest BCUT2D eigenvalue weighted by Crippen LogP contribution is -2.42. The van der Waals surface area contributed by atoms with E-state index in [-0.39, 0.29) is 17.6 Å². The third kappa shape index (κ3) is 6.32. The van der Waals surface area contributed by atoms with Crippen molar-refractivity contribution in [1.29, 1.82) is 0 Å². The maximum atomic E-state index is 12.0. The van der Waals surface area contributed by atoms with Gasteiger partial charge in [-0.05, 0) is 29.8 Å². The van der Waals surface area contributed by atoms with Gasteiger partial charge in [-0.25, -0.2) is 0 Å². The van der Waals surface area contributed by atoms with Crippen LogP contribution in [0.25, 0.3) is 0 Å². The van der Waals surface area contributed by atoms with Crippen molar-refractivity contribution in [3.8, 4) is 0 Å². The first-order valence-corrected chi connectivity index (χ1v) is 10.8. The summed E-state index contributed by atoms with van der Waals surface area (Å²) < 4.78 is 1.55. The second-order valence-electron chi connectivity index (χ2n) is 5.51. The van der Waals surface area contributed by atoms with Crippen LogP contribution in [0.2, 0.25) is 0 Å². The highest BCUT2D eigenvalue weighted by Gasteiger charge is 2.10. The summed E-state index contributed by atoms with van der Waals surface area (Å²) >= 11 is 5.93. The number of nitrogens with zero attached hydrogens (tertiary/aromatic N) is 2. The van der Waals surface area contributed by atoms with Crippen molar-refractivity contribution in [2.24, 2.45) is 0 Å². The van der Waals surface area contributed by atoms with E-state index < -0.39 is 0 Å². The van der Waals surface area contributed by atoms with Crippen LogP contribution in [-0.2, 0) is 11.3 Å². The Morgan fingerprint density at radius 1 is 1.00 bits per heavy atom. The summed E-state index contributed by atoms with van der Waals surface area (Å²) in [4.78, 5) is 23.9. The van der Waals surface area contributed by atoms with Gasteiger partial charge >= 0.3 is 0 Å². The van der Waals surface area contributed by atoms with Gasteiger partial charge in [0.05, 0.1) is 5.75 Å². The molecule has 0 bridgehead atoms. The Bertz CT molecular complexity index is 935. The van der Waals surface area contributed by atoms with E-state index in [1.54, 1.807) is 24.3 Å². The molecule has 0 aliphatic rings. The number of carbonyl (C=O) groups excluding carboxylic acids is 2. The molecule has 1 heterocycles. The van der Waals surface area contributed by atoms with Crippen LogP contribution in [0.5, 0.6) is 0 Å². The van der Waals surface area contributed by atoms with E-state index in [0.717, 1.165) is 10.0 Å². The average Bonchev–Trinajstić information content (AvgIpc) is 3.18. The molecule has 2 amide bonds. The number of hydrogen-bond acceptors (Lipinski definition) is 7. The Morgan fingerprint density at radius 3 is 2.50 bits per heavy atom. The molecule has 144 valence electrons. The quantitative estimate of drug-likeness (QED) is 0.356. The second kappa shape index (κ2) is 10.2. The van der Waals surface area contributed by atoms with Gasteiger partial charge in [0.25, 0.3) is 5.91 Å². The van der Waals surface area contributed by atoms with Crippen LogP contribution in [0, 0.1) is 0 Å². The van der Waals surface area contributed by atoms with Crippen molar-refractivity contribution >= 4 is 56.0 Å². The predicted octanol–water partition coefficient (Wildman–Crippen LogP) is 3.47. The number of aromatic nitrogens is 2. The van der Waals surface area contributed by atoms with Gasteiger partial charge in [-0.2, -0.15) is 0 Å². The van der Waals surface area contributed by atoms with Crippen LogP contribution in [0.15, 0.2) is 63.4 Å². The van der Waals surface area contributed by atoms with Gasteiger partial charge in [0.15, 0.2) is 4.34 Å². The minimum atomic E-state index is -0.380. The summed E-state index contributed by atoms with van der Waals surface area (Å²) in [5.74, 6) is -0.591. The zero-order chi connectivity index (χ0) is 19.8.